The molecule has 1 unspecified atom stereocenters. The van der Waals surface area contributed by atoms with Crippen molar-refractivity contribution in [1.29, 1.82) is 0 Å². The van der Waals surface area contributed by atoms with Crippen molar-refractivity contribution in [2.24, 2.45) is 20.8 Å². The molecule has 4 radical (unpaired) electrons. The maximum Gasteiger partial charge on any atom is 0.243 e. The van der Waals surface area contributed by atoms with Crippen molar-refractivity contribution in [1.82, 2.24) is 49.1 Å². The number of oxazole rings is 1. The van der Waals surface area contributed by atoms with E-state index in [0.29, 0.717) is 68.5 Å². The van der Waals surface area contributed by atoms with Gasteiger partial charge in [-0.15, -0.1) is 5.10 Å². The van der Waals surface area contributed by atoms with Gasteiger partial charge in [-0.1, -0.05) is 68.5 Å². The normalized spacial score (nSPS) is 15.3. The first-order valence-corrected chi connectivity index (χ1v) is 26.9. The van der Waals surface area contributed by atoms with Crippen molar-refractivity contribution in [3.63, 3.8) is 0 Å². The third-order valence-electron chi connectivity index (χ3n) is 12.0. The van der Waals surface area contributed by atoms with Gasteiger partial charge in [-0.05, 0) is 84.2 Å². The van der Waals surface area contributed by atoms with E-state index in [-0.39, 0.29) is 111 Å². The fourth-order valence-electron chi connectivity index (χ4n) is 7.28. The fourth-order valence-corrected chi connectivity index (χ4v) is 8.96. The molecular weight excluding hydrogens is 1650 g/mol. The molecule has 0 spiro atoms. The topological polar surface area (TPSA) is 205 Å². The largest absolute Gasteiger partial charge is 0.738 e. The van der Waals surface area contributed by atoms with Crippen molar-refractivity contribution in [3.05, 3.63) is 113 Å². The van der Waals surface area contributed by atoms with Gasteiger partial charge in [0.05, 0.1) is 45.2 Å². The molecule has 0 fully saturated rings. The number of ether oxygens (including phenoxy) is 1. The predicted molar refractivity (Wildman–Crippen MR) is 278 cm³/mol. The molecule has 26 heteroatoms. The molecule has 7 aromatic rings. The number of halogens is 2. The van der Waals surface area contributed by atoms with Gasteiger partial charge in [0.1, 0.15) is 11.5 Å². The summed E-state index contributed by atoms with van der Waals surface area (Å²) in [7, 11) is -0.0327. The van der Waals surface area contributed by atoms with Gasteiger partial charge in [0, 0.05) is 144 Å². The second-order valence-corrected chi connectivity index (χ2v) is 20.4. The van der Waals surface area contributed by atoms with E-state index in [4.69, 9.17) is 21.8 Å². The van der Waals surface area contributed by atoms with Crippen LogP contribution in [0.1, 0.15) is 89.3 Å². The third-order valence-corrected chi connectivity index (χ3v) is 14.0. The number of alkyl halides is 2. The number of thiazole rings is 1. The first kappa shape index (κ1) is 66.9. The zero-order valence-electron chi connectivity index (χ0n) is 43.0. The molecule has 0 saturated carbocycles. The molecule has 414 valence electrons. The summed E-state index contributed by atoms with van der Waals surface area (Å²) in [6.07, 6.45) is 10.3. The summed E-state index contributed by atoms with van der Waals surface area (Å²) < 4.78 is 40.9. The number of allylic oxidation sites excluding steroid dienone is 2. The summed E-state index contributed by atoms with van der Waals surface area (Å²) in [6.45, 7) is 18.4. The Morgan fingerprint density at radius 2 is 1.31 bits per heavy atom. The van der Waals surface area contributed by atoms with E-state index in [1.165, 1.54) is 9.36 Å². The predicted octanol–water partition coefficient (Wildman–Crippen LogP) is 10.1. The fraction of sp³-hybridized carbons (Fsp3) is 0.388. The summed E-state index contributed by atoms with van der Waals surface area (Å²) in [6, 6.07) is 16.2. The molecule has 9 rings (SSSR count). The number of aliphatic imine (C=N–C) groups is 2. The average molecular weight is 1710 g/mol. The van der Waals surface area contributed by atoms with Gasteiger partial charge >= 0.3 is 0 Å². The molecule has 2 aliphatic rings. The van der Waals surface area contributed by atoms with Gasteiger partial charge in [-0.2, -0.15) is 20.3 Å². The van der Waals surface area contributed by atoms with Crippen molar-refractivity contribution in [2.75, 3.05) is 13.5 Å². The summed E-state index contributed by atoms with van der Waals surface area (Å²) in [5.41, 5.74) is 5.45. The van der Waals surface area contributed by atoms with E-state index in [1.54, 1.807) is 41.7 Å². The molecule has 0 saturated heterocycles. The summed E-state index contributed by atoms with van der Waals surface area (Å²) >= 11 is 6.12. The number of aromatic nitrogens is 10. The van der Waals surface area contributed by atoms with Crippen molar-refractivity contribution in [3.8, 4) is 33.7 Å². The van der Waals surface area contributed by atoms with Gasteiger partial charge in [-0.25, -0.2) is 38.1 Å². The van der Waals surface area contributed by atoms with E-state index in [2.05, 4.69) is 60.7 Å². The Hall–Kier alpha value is -4.21. The minimum absolute atomic E-state index is 0. The van der Waals surface area contributed by atoms with Crippen LogP contribution < -0.4 is 4.74 Å². The van der Waals surface area contributed by atoms with E-state index in [9.17, 15) is 24.1 Å². The molecule has 17 nitrogen and oxygen atoms in total. The number of aliphatic hydroxyl groups is 2. The first-order valence-electron chi connectivity index (χ1n) is 23.2. The second-order valence-electron chi connectivity index (χ2n) is 17.4. The number of aryl methyl sites for hydroxylation is 4. The maximum absolute atomic E-state index is 12.5. The minimum Gasteiger partial charge on any atom is -0.738 e. The SMILES string of the molecule is CCC1(C)C(C)=NC(n2ccc(C[SiH2]C)n2)=C1O.CCCc1ccn(C2=C(O)C(C)(C)C(C)=N2)n1.Cc1nc(-n2cc(-c3ccccc3)c(OCF)n2)c(O)s1.Cc1nc(-n2ccc(CCF)n2)c([S-])o1.[Ir].[Ir].[Ir].[Rh]. The molecule has 75 heavy (non-hydrogen) atoms. The molecule has 2 aliphatic heterocycles. The Labute approximate surface area is 500 Å². The molecule has 6 aromatic heterocycles. The number of aliphatic hydroxyl groups excluding tert-OH is 2. The van der Waals surface area contributed by atoms with E-state index >= 15 is 0 Å². The van der Waals surface area contributed by atoms with Crippen LogP contribution >= 0.6 is 11.3 Å². The van der Waals surface area contributed by atoms with E-state index < -0.39 is 13.5 Å². The van der Waals surface area contributed by atoms with Crippen LogP contribution in [0, 0.1) is 24.7 Å². The van der Waals surface area contributed by atoms with Crippen LogP contribution in [0.15, 0.2) is 104 Å². The van der Waals surface area contributed by atoms with Crippen molar-refractivity contribution >= 4 is 56.6 Å². The monoisotopic (exact) mass is 1710 g/mol. The van der Waals surface area contributed by atoms with Crippen LogP contribution in [-0.4, -0.2) is 98.9 Å². The van der Waals surface area contributed by atoms with Crippen molar-refractivity contribution < 1.29 is 113 Å². The first-order chi connectivity index (χ1) is 33.9. The van der Waals surface area contributed by atoms with Crippen molar-refractivity contribution in [2.45, 2.75) is 106 Å². The zero-order chi connectivity index (χ0) is 51.6. The number of hydrogen-bond acceptors (Lipinski definition) is 15. The molecule has 3 N–H and O–H groups in total. The standard InChI is InChI=1S/C14H12FN3O2S.C13H21N3OSi.C13H19N3O.C9H10FN3OS.3Ir.Rh/c1-9-16-12(14(19)21-9)18-7-11(13(17-18)20-8-15)10-5-3-2-4-6-10;1-5-13(3)9(2)14-12(11(13)17)16-7-6-10(15-16)8-18-4;1-5-6-10-7-8-16(15-10)12-11(17)13(3,4)9(2)14-12;1-6-11-8(9(15)14-6)13-5-3-7(12-13)2-4-10;;;;/h2-7,19H,8H2,1H3;6-7,17H,5,8,18H2,1-4H3;7-8,17H,5-6H2,1-4H3;3,5,15H,2,4H2,1H3;;;;/p-1. The Morgan fingerprint density at radius 1 is 0.733 bits per heavy atom. The molecule has 0 amide bonds. The Kier molecular flexibility index (Phi) is 26.8. The minimum atomic E-state index is -0.973. The van der Waals surface area contributed by atoms with Crippen LogP contribution in [0.5, 0.6) is 10.9 Å². The van der Waals surface area contributed by atoms with Crippen LogP contribution in [0.25, 0.3) is 34.4 Å². The van der Waals surface area contributed by atoms with Crippen LogP contribution in [-0.2, 0) is 111 Å². The Balaban J connectivity index is 0.000000339. The number of rotatable bonds is 14. The average Bonchev–Trinajstić information content (AvgIpc) is 4.24. The van der Waals surface area contributed by atoms with E-state index in [1.807, 2.05) is 89.5 Å². The number of aromatic hydroxyl groups is 1. The van der Waals surface area contributed by atoms with E-state index in [0.717, 1.165) is 65.0 Å². The van der Waals surface area contributed by atoms with Crippen LogP contribution in [0.2, 0.25) is 6.55 Å². The molecule has 0 bridgehead atoms. The quantitative estimate of drug-likeness (QED) is 0.0688. The molecule has 0 aliphatic carbocycles. The molecule has 1 aromatic carbocycles. The summed E-state index contributed by atoms with van der Waals surface area (Å²) in [5, 5.41) is 48.7. The van der Waals surface area contributed by atoms with Crippen LogP contribution in [0.4, 0.5) is 8.78 Å². The van der Waals surface area contributed by atoms with Gasteiger partial charge < -0.3 is 37.1 Å². The Bertz CT molecular complexity index is 3060. The van der Waals surface area contributed by atoms with Gasteiger partial charge in [0.15, 0.2) is 23.4 Å². The molecular formula is C49H61F2Ir3N12O5RhS2Si-. The number of hydrogen-bond donors (Lipinski definition) is 3. The third kappa shape index (κ3) is 16.0. The Morgan fingerprint density at radius 3 is 1.81 bits per heavy atom. The second kappa shape index (κ2) is 30.1. The maximum atomic E-state index is 12.5. The van der Waals surface area contributed by atoms with Gasteiger partial charge in [-0.3, -0.25) is 4.39 Å². The zero-order valence-corrected chi connectivity index (χ0v) is 54.9. The summed E-state index contributed by atoms with van der Waals surface area (Å²) in [4.78, 5) is 17.2. The summed E-state index contributed by atoms with van der Waals surface area (Å²) in [5.74, 6) is 3.21. The smallest absolute Gasteiger partial charge is 0.243 e. The van der Waals surface area contributed by atoms with Crippen LogP contribution in [0.3, 0.4) is 0 Å². The van der Waals surface area contributed by atoms with Gasteiger partial charge in [0.2, 0.25) is 23.6 Å². The van der Waals surface area contributed by atoms with Gasteiger partial charge in [0.25, 0.3) is 0 Å². The molecule has 1 atom stereocenters. The number of benzene rings is 1. The molecule has 8 heterocycles. The number of nitrogens with zero attached hydrogens (tertiary/aromatic N) is 12.